The van der Waals surface area contributed by atoms with Gasteiger partial charge in [0.1, 0.15) is 12.4 Å². The highest BCUT2D eigenvalue weighted by Crippen LogP contribution is 2.25. The fourth-order valence-electron chi connectivity index (χ4n) is 1.92. The Morgan fingerprint density at radius 2 is 2.05 bits per heavy atom. The molecule has 0 atom stereocenters. The maximum Gasteiger partial charge on any atom is 0.204 e. The molecule has 0 amide bonds. The number of fused-ring (bicyclic) bond motifs is 1. The van der Waals surface area contributed by atoms with Gasteiger partial charge in [-0.3, -0.25) is 5.43 Å². The lowest BCUT2D eigenvalue weighted by Gasteiger charge is -2.05. The van der Waals surface area contributed by atoms with Gasteiger partial charge in [0.05, 0.1) is 16.4 Å². The molecule has 0 spiro atoms. The summed E-state index contributed by atoms with van der Waals surface area (Å²) >= 11 is 1.56. The minimum Gasteiger partial charge on any atom is -0.480 e. The summed E-state index contributed by atoms with van der Waals surface area (Å²) in [7, 11) is 0. The van der Waals surface area contributed by atoms with E-state index in [0.717, 1.165) is 20.9 Å². The van der Waals surface area contributed by atoms with Crippen LogP contribution in [0.25, 0.3) is 10.2 Å². The standard InChI is InChI=1S/C17H13N3OS/c1-2-11-21-15-9-5-3-7-13(15)12-18-20-17-19-14-8-4-6-10-16(14)22-17/h1,3-10,12H,11H2,(H,19,20)/b18-12-. The van der Waals surface area contributed by atoms with Gasteiger partial charge in [0.15, 0.2) is 0 Å². The van der Waals surface area contributed by atoms with Crippen molar-refractivity contribution in [2.24, 2.45) is 5.10 Å². The Hall–Kier alpha value is -2.84. The first-order chi connectivity index (χ1) is 10.9. The second kappa shape index (κ2) is 6.74. The van der Waals surface area contributed by atoms with Gasteiger partial charge in [-0.15, -0.1) is 6.42 Å². The monoisotopic (exact) mass is 307 g/mol. The molecule has 3 aromatic rings. The summed E-state index contributed by atoms with van der Waals surface area (Å²) in [6, 6.07) is 15.5. The number of hydrazone groups is 1. The number of aromatic nitrogens is 1. The smallest absolute Gasteiger partial charge is 0.204 e. The molecule has 1 heterocycles. The molecule has 0 bridgehead atoms. The number of ether oxygens (including phenoxy) is 1. The largest absolute Gasteiger partial charge is 0.480 e. The lowest BCUT2D eigenvalue weighted by atomic mass is 10.2. The van der Waals surface area contributed by atoms with E-state index in [2.05, 4.69) is 21.4 Å². The van der Waals surface area contributed by atoms with E-state index in [1.807, 2.05) is 48.5 Å². The van der Waals surface area contributed by atoms with Crippen molar-refractivity contribution in [2.75, 3.05) is 12.0 Å². The molecule has 0 aliphatic carbocycles. The minimum absolute atomic E-state index is 0.232. The average Bonchev–Trinajstić information content (AvgIpc) is 2.96. The number of nitrogens with one attached hydrogen (secondary N) is 1. The van der Waals surface area contributed by atoms with Gasteiger partial charge >= 0.3 is 0 Å². The Morgan fingerprint density at radius 1 is 1.23 bits per heavy atom. The van der Waals surface area contributed by atoms with Crippen LogP contribution in [0.2, 0.25) is 0 Å². The maximum atomic E-state index is 5.47. The number of hydrogen-bond donors (Lipinski definition) is 1. The van der Waals surface area contributed by atoms with Crippen LogP contribution in [0.1, 0.15) is 5.56 Å². The molecule has 2 aromatic carbocycles. The van der Waals surface area contributed by atoms with Crippen LogP contribution in [0.4, 0.5) is 5.13 Å². The van der Waals surface area contributed by atoms with Crippen molar-refractivity contribution >= 4 is 32.9 Å². The summed E-state index contributed by atoms with van der Waals surface area (Å²) in [6.45, 7) is 0.232. The highest BCUT2D eigenvalue weighted by Gasteiger charge is 2.02. The molecule has 0 saturated carbocycles. The van der Waals surface area contributed by atoms with Crippen LogP contribution < -0.4 is 10.2 Å². The first-order valence-corrected chi connectivity index (χ1v) is 7.48. The van der Waals surface area contributed by atoms with Crippen molar-refractivity contribution < 1.29 is 4.74 Å². The number of thiazole rings is 1. The molecule has 3 rings (SSSR count). The SMILES string of the molecule is C#CCOc1ccccc1/C=N\Nc1nc2ccccc2s1. The van der Waals surface area contributed by atoms with Crippen LogP contribution in [-0.2, 0) is 0 Å². The second-order valence-electron chi connectivity index (χ2n) is 4.39. The van der Waals surface area contributed by atoms with E-state index in [1.165, 1.54) is 0 Å². The Labute approximate surface area is 132 Å². The Balaban J connectivity index is 1.73. The third-order valence-corrected chi connectivity index (χ3v) is 3.83. The topological polar surface area (TPSA) is 46.5 Å². The van der Waals surface area contributed by atoms with E-state index in [9.17, 15) is 0 Å². The molecule has 0 aliphatic heterocycles. The molecule has 5 heteroatoms. The number of rotatable bonds is 5. The third kappa shape index (κ3) is 3.25. The summed E-state index contributed by atoms with van der Waals surface area (Å²) in [5, 5.41) is 4.97. The molecular weight excluding hydrogens is 294 g/mol. The first-order valence-electron chi connectivity index (χ1n) is 6.67. The fourth-order valence-corrected chi connectivity index (χ4v) is 2.73. The zero-order chi connectivity index (χ0) is 15.2. The van der Waals surface area contributed by atoms with Gasteiger partial charge in [-0.05, 0) is 24.3 Å². The lowest BCUT2D eigenvalue weighted by molar-refractivity contribution is 0.370. The molecule has 0 fully saturated rings. The van der Waals surface area contributed by atoms with Crippen LogP contribution in [-0.4, -0.2) is 17.8 Å². The van der Waals surface area contributed by atoms with E-state index >= 15 is 0 Å². The Bertz CT molecular complexity index is 815. The second-order valence-corrected chi connectivity index (χ2v) is 5.42. The summed E-state index contributed by atoms with van der Waals surface area (Å²) in [5.74, 6) is 3.15. The highest BCUT2D eigenvalue weighted by molar-refractivity contribution is 7.22. The van der Waals surface area contributed by atoms with E-state index < -0.39 is 0 Å². The van der Waals surface area contributed by atoms with Gasteiger partial charge < -0.3 is 4.74 Å². The molecule has 1 aromatic heterocycles. The van der Waals surface area contributed by atoms with E-state index in [1.54, 1.807) is 17.6 Å². The van der Waals surface area contributed by atoms with Crippen LogP contribution in [0.3, 0.4) is 0 Å². The third-order valence-electron chi connectivity index (χ3n) is 2.89. The summed E-state index contributed by atoms with van der Waals surface area (Å²) in [4.78, 5) is 4.45. The van der Waals surface area contributed by atoms with Crippen molar-refractivity contribution in [3.8, 4) is 18.1 Å². The number of nitrogens with zero attached hydrogens (tertiary/aromatic N) is 2. The van der Waals surface area contributed by atoms with Crippen molar-refractivity contribution in [2.45, 2.75) is 0 Å². The zero-order valence-electron chi connectivity index (χ0n) is 11.7. The molecule has 0 radical (unpaired) electrons. The average molecular weight is 307 g/mol. The van der Waals surface area contributed by atoms with Gasteiger partial charge in [-0.2, -0.15) is 5.10 Å². The van der Waals surface area contributed by atoms with E-state index in [4.69, 9.17) is 11.2 Å². The van der Waals surface area contributed by atoms with Gasteiger partial charge in [0, 0.05) is 5.56 Å². The number of hydrogen-bond acceptors (Lipinski definition) is 5. The maximum absolute atomic E-state index is 5.47. The molecule has 22 heavy (non-hydrogen) atoms. The van der Waals surface area contributed by atoms with Gasteiger partial charge in [-0.25, -0.2) is 4.98 Å². The molecular formula is C17H13N3OS. The minimum atomic E-state index is 0.232. The van der Waals surface area contributed by atoms with Crippen molar-refractivity contribution in [3.05, 3.63) is 54.1 Å². The van der Waals surface area contributed by atoms with Crippen molar-refractivity contribution in [1.82, 2.24) is 4.98 Å². The first kappa shape index (κ1) is 14.1. The normalized spacial score (nSPS) is 10.7. The predicted octanol–water partition coefficient (Wildman–Crippen LogP) is 3.75. The lowest BCUT2D eigenvalue weighted by Crippen LogP contribution is -1.98. The summed E-state index contributed by atoms with van der Waals surface area (Å²) in [6.07, 6.45) is 6.90. The highest BCUT2D eigenvalue weighted by atomic mass is 32.1. The predicted molar refractivity (Wildman–Crippen MR) is 91.6 cm³/mol. The van der Waals surface area contributed by atoms with Crippen LogP contribution in [0.15, 0.2) is 53.6 Å². The molecule has 1 N–H and O–H groups in total. The number of para-hydroxylation sites is 2. The Morgan fingerprint density at radius 3 is 2.91 bits per heavy atom. The summed E-state index contributed by atoms with van der Waals surface area (Å²) in [5.41, 5.74) is 4.76. The van der Waals surface area contributed by atoms with Crippen LogP contribution >= 0.6 is 11.3 Å². The number of anilines is 1. The van der Waals surface area contributed by atoms with Crippen molar-refractivity contribution in [1.29, 1.82) is 0 Å². The van der Waals surface area contributed by atoms with E-state index in [0.29, 0.717) is 5.75 Å². The zero-order valence-corrected chi connectivity index (χ0v) is 12.5. The van der Waals surface area contributed by atoms with Gasteiger partial charge in [-0.1, -0.05) is 41.5 Å². The molecule has 4 nitrogen and oxygen atoms in total. The molecule has 0 saturated heterocycles. The van der Waals surface area contributed by atoms with Crippen LogP contribution in [0.5, 0.6) is 5.75 Å². The number of benzene rings is 2. The molecule has 0 aliphatic rings. The fraction of sp³-hybridized carbons (Fsp3) is 0.0588. The number of terminal acetylenes is 1. The van der Waals surface area contributed by atoms with Gasteiger partial charge in [0.25, 0.3) is 0 Å². The van der Waals surface area contributed by atoms with Crippen molar-refractivity contribution in [3.63, 3.8) is 0 Å². The quantitative estimate of drug-likeness (QED) is 0.443. The molecule has 0 unspecified atom stereocenters. The van der Waals surface area contributed by atoms with Crippen LogP contribution in [0, 0.1) is 12.3 Å². The van der Waals surface area contributed by atoms with Gasteiger partial charge in [0.2, 0.25) is 5.13 Å². The summed E-state index contributed by atoms with van der Waals surface area (Å²) < 4.78 is 6.59. The Kier molecular flexibility index (Phi) is 4.33. The van der Waals surface area contributed by atoms with E-state index in [-0.39, 0.29) is 6.61 Å². The molecule has 108 valence electrons.